The van der Waals surface area contributed by atoms with Crippen LogP contribution in [0, 0.1) is 5.41 Å². The van der Waals surface area contributed by atoms with Gasteiger partial charge in [0.25, 0.3) is 0 Å². The van der Waals surface area contributed by atoms with Crippen LogP contribution in [0.5, 0.6) is 0 Å². The van der Waals surface area contributed by atoms with E-state index in [9.17, 15) is 4.79 Å². The molecule has 4 nitrogen and oxygen atoms in total. The molecule has 1 spiro atoms. The molecule has 0 N–H and O–H groups in total. The summed E-state index contributed by atoms with van der Waals surface area (Å²) in [6.45, 7) is 1.89. The van der Waals surface area contributed by atoms with Crippen LogP contribution >= 0.6 is 0 Å². The molecule has 19 heavy (non-hydrogen) atoms. The van der Waals surface area contributed by atoms with E-state index in [4.69, 9.17) is 4.98 Å². The quantitative estimate of drug-likeness (QED) is 0.769. The van der Waals surface area contributed by atoms with Crippen LogP contribution in [-0.4, -0.2) is 34.0 Å². The third-order valence-corrected chi connectivity index (χ3v) is 4.74. The number of hydrogen-bond acceptors (Lipinski definition) is 2. The normalized spacial score (nSPS) is 21.4. The molecule has 1 aliphatic heterocycles. The Balaban J connectivity index is 1.54. The van der Waals surface area contributed by atoms with Gasteiger partial charge >= 0.3 is 0 Å². The lowest BCUT2D eigenvalue weighted by Crippen LogP contribution is -2.61. The Kier molecular flexibility index (Phi) is 2.08. The fourth-order valence-corrected chi connectivity index (χ4v) is 3.72. The number of hydrogen-bond donors (Lipinski definition) is 0. The van der Waals surface area contributed by atoms with E-state index in [1.807, 2.05) is 11.9 Å². The number of rotatable bonds is 2. The van der Waals surface area contributed by atoms with Crippen molar-refractivity contribution in [3.8, 4) is 0 Å². The van der Waals surface area contributed by atoms with Gasteiger partial charge in [0, 0.05) is 48.7 Å². The summed E-state index contributed by atoms with van der Waals surface area (Å²) in [5, 5.41) is 1.20. The van der Waals surface area contributed by atoms with Crippen LogP contribution in [0.1, 0.15) is 24.5 Å². The van der Waals surface area contributed by atoms with Crippen LogP contribution in [0.15, 0.2) is 24.4 Å². The lowest BCUT2D eigenvalue weighted by atomic mass is 9.57. The number of pyridine rings is 1. The minimum Gasteiger partial charge on any atom is -0.344 e. The smallest absolute Gasteiger partial charge is 0.209 e. The molecule has 1 amide bonds. The lowest BCUT2D eigenvalue weighted by Gasteiger charge is -2.58. The molecule has 3 heterocycles. The average Bonchev–Trinajstić information content (AvgIpc) is 2.68. The molecule has 0 bridgehead atoms. The molecule has 0 unspecified atom stereocenters. The molecule has 1 saturated heterocycles. The molecule has 4 heteroatoms. The second-order valence-corrected chi connectivity index (χ2v) is 6.19. The Morgan fingerprint density at radius 3 is 2.84 bits per heavy atom. The molecule has 98 valence electrons. The molecule has 2 fully saturated rings. The highest BCUT2D eigenvalue weighted by molar-refractivity contribution is 5.76. The molecule has 0 atom stereocenters. The van der Waals surface area contributed by atoms with Crippen molar-refractivity contribution >= 4 is 17.4 Å². The van der Waals surface area contributed by atoms with E-state index in [1.165, 1.54) is 23.9 Å². The van der Waals surface area contributed by atoms with Crippen molar-refractivity contribution in [3.63, 3.8) is 0 Å². The van der Waals surface area contributed by atoms with Crippen molar-refractivity contribution in [3.05, 3.63) is 30.1 Å². The number of aromatic nitrogens is 2. The van der Waals surface area contributed by atoms with Gasteiger partial charge in [-0.25, -0.2) is 4.98 Å². The van der Waals surface area contributed by atoms with Crippen molar-refractivity contribution in [2.24, 2.45) is 12.5 Å². The molecule has 2 aromatic heterocycles. The van der Waals surface area contributed by atoms with E-state index in [0.29, 0.717) is 11.3 Å². The van der Waals surface area contributed by atoms with Gasteiger partial charge in [0.2, 0.25) is 6.41 Å². The van der Waals surface area contributed by atoms with Gasteiger partial charge in [-0.2, -0.15) is 0 Å². The third kappa shape index (κ3) is 1.52. The highest BCUT2D eigenvalue weighted by atomic mass is 16.1. The molecule has 1 aliphatic carbocycles. The van der Waals surface area contributed by atoms with Crippen molar-refractivity contribution in [2.45, 2.75) is 18.8 Å². The number of amides is 1. The number of nitrogens with zero attached hydrogens (tertiary/aromatic N) is 3. The predicted molar refractivity (Wildman–Crippen MR) is 72.8 cm³/mol. The van der Waals surface area contributed by atoms with E-state index in [0.717, 1.165) is 25.1 Å². The first-order valence-electron chi connectivity index (χ1n) is 6.80. The Labute approximate surface area is 112 Å². The van der Waals surface area contributed by atoms with Gasteiger partial charge in [0.1, 0.15) is 5.65 Å². The van der Waals surface area contributed by atoms with Crippen LogP contribution in [0.2, 0.25) is 0 Å². The van der Waals surface area contributed by atoms with Gasteiger partial charge in [-0.1, -0.05) is 0 Å². The predicted octanol–water partition coefficient (Wildman–Crippen LogP) is 1.91. The summed E-state index contributed by atoms with van der Waals surface area (Å²) in [6.07, 6.45) is 5.38. The van der Waals surface area contributed by atoms with Crippen LogP contribution in [0.3, 0.4) is 0 Å². The molecule has 0 radical (unpaired) electrons. The molecule has 4 rings (SSSR count). The van der Waals surface area contributed by atoms with E-state index >= 15 is 0 Å². The van der Waals surface area contributed by atoms with Crippen LogP contribution < -0.4 is 0 Å². The highest BCUT2D eigenvalue weighted by Crippen LogP contribution is 2.55. The number of carbonyl (C=O) groups is 1. The summed E-state index contributed by atoms with van der Waals surface area (Å²) in [5.41, 5.74) is 2.70. The number of aryl methyl sites for hydroxylation is 1. The summed E-state index contributed by atoms with van der Waals surface area (Å²) in [7, 11) is 2.04. The Morgan fingerprint density at radius 2 is 2.11 bits per heavy atom. The van der Waals surface area contributed by atoms with E-state index in [1.54, 1.807) is 0 Å². The van der Waals surface area contributed by atoms with E-state index in [-0.39, 0.29) is 0 Å². The van der Waals surface area contributed by atoms with E-state index in [2.05, 4.69) is 29.0 Å². The summed E-state index contributed by atoms with van der Waals surface area (Å²) < 4.78 is 2.07. The van der Waals surface area contributed by atoms with Gasteiger partial charge in [0.15, 0.2) is 0 Å². The van der Waals surface area contributed by atoms with Crippen LogP contribution in [-0.2, 0) is 11.8 Å². The maximum atomic E-state index is 10.6. The SMILES string of the molecule is Cn1ccc2ccc(C3CC4(C3)CN(C=O)C4)nc21. The number of fused-ring (bicyclic) bond motifs is 1. The summed E-state index contributed by atoms with van der Waals surface area (Å²) in [5.74, 6) is 0.577. The summed E-state index contributed by atoms with van der Waals surface area (Å²) in [4.78, 5) is 17.3. The monoisotopic (exact) mass is 255 g/mol. The van der Waals surface area contributed by atoms with Gasteiger partial charge in [-0.15, -0.1) is 0 Å². The minimum atomic E-state index is 0.413. The molecular formula is C15H17N3O. The standard InChI is InChI=1S/C15H17N3O/c1-17-5-4-11-2-3-13(16-14(11)17)12-6-15(7-12)8-18(9-15)10-19/h2-5,10,12H,6-9H2,1H3. The maximum Gasteiger partial charge on any atom is 0.209 e. The van der Waals surface area contributed by atoms with Crippen molar-refractivity contribution in [1.29, 1.82) is 0 Å². The van der Waals surface area contributed by atoms with Gasteiger partial charge in [-0.05, 0) is 31.0 Å². The average molecular weight is 255 g/mol. The molecule has 1 saturated carbocycles. The first-order valence-corrected chi connectivity index (χ1v) is 6.80. The Morgan fingerprint density at radius 1 is 1.32 bits per heavy atom. The molecule has 2 aromatic rings. The second-order valence-electron chi connectivity index (χ2n) is 6.19. The topological polar surface area (TPSA) is 38.1 Å². The van der Waals surface area contributed by atoms with Crippen molar-refractivity contribution in [1.82, 2.24) is 14.5 Å². The summed E-state index contributed by atoms with van der Waals surface area (Å²) in [6, 6.07) is 6.43. The van der Waals surface area contributed by atoms with Gasteiger partial charge in [-0.3, -0.25) is 4.79 Å². The largest absolute Gasteiger partial charge is 0.344 e. The lowest BCUT2D eigenvalue weighted by molar-refractivity contribution is -0.137. The molecular weight excluding hydrogens is 238 g/mol. The fourth-order valence-electron chi connectivity index (χ4n) is 3.72. The zero-order chi connectivity index (χ0) is 13.0. The minimum absolute atomic E-state index is 0.413. The fraction of sp³-hybridized carbons (Fsp3) is 0.467. The Bertz CT molecular complexity index is 646. The molecule has 0 aromatic carbocycles. The van der Waals surface area contributed by atoms with Crippen molar-refractivity contribution in [2.75, 3.05) is 13.1 Å². The van der Waals surface area contributed by atoms with Gasteiger partial charge < -0.3 is 9.47 Å². The van der Waals surface area contributed by atoms with Gasteiger partial charge in [0.05, 0.1) is 0 Å². The first kappa shape index (κ1) is 11.0. The zero-order valence-electron chi connectivity index (χ0n) is 11.0. The zero-order valence-corrected chi connectivity index (χ0v) is 11.0. The van der Waals surface area contributed by atoms with Crippen LogP contribution in [0.4, 0.5) is 0 Å². The van der Waals surface area contributed by atoms with Crippen LogP contribution in [0.25, 0.3) is 11.0 Å². The van der Waals surface area contributed by atoms with E-state index < -0.39 is 0 Å². The Hall–Kier alpha value is -1.84. The van der Waals surface area contributed by atoms with Crippen molar-refractivity contribution < 1.29 is 4.79 Å². The summed E-state index contributed by atoms with van der Waals surface area (Å²) >= 11 is 0. The maximum absolute atomic E-state index is 10.6. The number of likely N-dealkylation sites (tertiary alicyclic amines) is 1. The first-order chi connectivity index (χ1) is 9.19. The third-order valence-electron chi connectivity index (χ3n) is 4.74. The second kappa shape index (κ2) is 3.59. The molecule has 2 aliphatic rings. The number of carbonyl (C=O) groups excluding carboxylic acids is 1. The highest BCUT2D eigenvalue weighted by Gasteiger charge is 2.52.